The number of hydrogen-bond acceptors (Lipinski definition) is 8. The molecule has 0 fully saturated rings. The van der Waals surface area contributed by atoms with E-state index in [1.54, 1.807) is 36.2 Å². The van der Waals surface area contributed by atoms with Crippen LogP contribution in [0.1, 0.15) is 5.56 Å². The van der Waals surface area contributed by atoms with E-state index in [1.165, 1.54) is 22.5 Å². The molecule has 3 aromatic carbocycles. The molecule has 2 aromatic heterocycles. The standard InChI is InChI=1S/C22H17FN6OS3/c1-29-21(26-27-28-29)31-12-20(30)24-14-7-9-18-19(10-14)33-22(25-18)32-11-13-6-8-17(23)16-5-3-2-4-15(13)16/h2-10H,11-12H2,1H3,(H,24,30). The molecule has 0 saturated carbocycles. The molecule has 0 bridgehead atoms. The fourth-order valence-electron chi connectivity index (χ4n) is 3.30. The van der Waals surface area contributed by atoms with Crippen molar-refractivity contribution >= 4 is 67.4 Å². The van der Waals surface area contributed by atoms with E-state index in [4.69, 9.17) is 4.98 Å². The van der Waals surface area contributed by atoms with Crippen molar-refractivity contribution in [2.24, 2.45) is 7.05 Å². The van der Waals surface area contributed by atoms with Crippen LogP contribution in [0.5, 0.6) is 0 Å². The first kappa shape index (κ1) is 21.8. The van der Waals surface area contributed by atoms with Gasteiger partial charge in [0.15, 0.2) is 4.34 Å². The van der Waals surface area contributed by atoms with Gasteiger partial charge in [0.05, 0.1) is 16.0 Å². The normalized spacial score (nSPS) is 11.3. The number of carbonyl (C=O) groups excluding carboxylic acids is 1. The smallest absolute Gasteiger partial charge is 0.234 e. The lowest BCUT2D eigenvalue weighted by atomic mass is 10.1. The maximum Gasteiger partial charge on any atom is 0.234 e. The summed E-state index contributed by atoms with van der Waals surface area (Å²) >= 11 is 4.47. The quantitative estimate of drug-likeness (QED) is 0.313. The number of halogens is 1. The Kier molecular flexibility index (Phi) is 6.25. The molecule has 5 aromatic rings. The van der Waals surface area contributed by atoms with Gasteiger partial charge in [-0.1, -0.05) is 53.9 Å². The molecule has 0 radical (unpaired) electrons. The first-order valence-corrected chi connectivity index (χ1v) is 12.7. The molecule has 0 atom stereocenters. The molecule has 0 unspecified atom stereocenters. The topological polar surface area (TPSA) is 85.6 Å². The lowest BCUT2D eigenvalue weighted by Gasteiger charge is -2.06. The van der Waals surface area contributed by atoms with Gasteiger partial charge < -0.3 is 5.32 Å². The van der Waals surface area contributed by atoms with Gasteiger partial charge >= 0.3 is 0 Å². The number of anilines is 1. The van der Waals surface area contributed by atoms with Gasteiger partial charge in [-0.15, -0.1) is 16.4 Å². The van der Waals surface area contributed by atoms with Crippen molar-refractivity contribution in [1.82, 2.24) is 25.2 Å². The molecule has 0 saturated heterocycles. The number of carbonyl (C=O) groups is 1. The van der Waals surface area contributed by atoms with Crippen LogP contribution in [0.25, 0.3) is 21.0 Å². The Labute approximate surface area is 200 Å². The van der Waals surface area contributed by atoms with Gasteiger partial charge in [0, 0.05) is 23.9 Å². The van der Waals surface area contributed by atoms with Crippen LogP contribution in [0.2, 0.25) is 0 Å². The summed E-state index contributed by atoms with van der Waals surface area (Å²) in [5.41, 5.74) is 2.66. The van der Waals surface area contributed by atoms with Crippen molar-refractivity contribution in [1.29, 1.82) is 0 Å². The lowest BCUT2D eigenvalue weighted by molar-refractivity contribution is -0.113. The maximum atomic E-state index is 14.1. The first-order valence-electron chi connectivity index (χ1n) is 9.91. The SMILES string of the molecule is Cn1nnnc1SCC(=O)Nc1ccc2nc(SCc3ccc(F)c4ccccc34)sc2c1. The molecule has 1 N–H and O–H groups in total. The Balaban J connectivity index is 1.25. The number of hydrogen-bond donors (Lipinski definition) is 1. The highest BCUT2D eigenvalue weighted by atomic mass is 32.2. The number of benzene rings is 3. The fourth-order valence-corrected chi connectivity index (χ4v) is 6.07. The third-order valence-corrected chi connectivity index (χ3v) is 8.10. The van der Waals surface area contributed by atoms with Crippen LogP contribution in [-0.2, 0) is 17.6 Å². The fraction of sp³-hybridized carbons (Fsp3) is 0.136. The number of thiazole rings is 1. The minimum absolute atomic E-state index is 0.135. The van der Waals surface area contributed by atoms with E-state index in [1.807, 2.05) is 42.5 Å². The number of fused-ring (bicyclic) bond motifs is 2. The zero-order valence-electron chi connectivity index (χ0n) is 17.4. The minimum Gasteiger partial charge on any atom is -0.325 e. The zero-order valence-corrected chi connectivity index (χ0v) is 19.8. The average molecular weight is 497 g/mol. The van der Waals surface area contributed by atoms with Crippen LogP contribution in [-0.4, -0.2) is 36.9 Å². The highest BCUT2D eigenvalue weighted by Crippen LogP contribution is 2.34. The van der Waals surface area contributed by atoms with Crippen LogP contribution in [0.3, 0.4) is 0 Å². The maximum absolute atomic E-state index is 14.1. The molecule has 33 heavy (non-hydrogen) atoms. The molecule has 166 valence electrons. The van der Waals surface area contributed by atoms with E-state index < -0.39 is 0 Å². The Bertz CT molecular complexity index is 1470. The molecule has 0 spiro atoms. The summed E-state index contributed by atoms with van der Waals surface area (Å²) in [6.07, 6.45) is 0. The predicted molar refractivity (Wildman–Crippen MR) is 131 cm³/mol. The van der Waals surface area contributed by atoms with Gasteiger partial charge in [-0.3, -0.25) is 4.79 Å². The number of amides is 1. The first-order chi connectivity index (χ1) is 16.1. The van der Waals surface area contributed by atoms with Crippen molar-refractivity contribution in [2.45, 2.75) is 15.2 Å². The van der Waals surface area contributed by atoms with Crippen LogP contribution < -0.4 is 5.32 Å². The van der Waals surface area contributed by atoms with Crippen molar-refractivity contribution in [3.8, 4) is 0 Å². The predicted octanol–water partition coefficient (Wildman–Crippen LogP) is 5.14. The highest BCUT2D eigenvalue weighted by molar-refractivity contribution is 8.00. The number of thioether (sulfide) groups is 2. The second kappa shape index (κ2) is 9.46. The summed E-state index contributed by atoms with van der Waals surface area (Å²) in [6.45, 7) is 0. The van der Waals surface area contributed by atoms with E-state index in [0.29, 0.717) is 22.0 Å². The monoisotopic (exact) mass is 496 g/mol. The summed E-state index contributed by atoms with van der Waals surface area (Å²) in [6, 6.07) is 16.5. The number of aryl methyl sites for hydroxylation is 1. The molecule has 1 amide bonds. The number of nitrogens with zero attached hydrogens (tertiary/aromatic N) is 5. The second-order valence-electron chi connectivity index (χ2n) is 7.12. The van der Waals surface area contributed by atoms with Gasteiger partial charge in [0.1, 0.15) is 5.82 Å². The number of tetrazole rings is 1. The zero-order chi connectivity index (χ0) is 22.8. The van der Waals surface area contributed by atoms with Gasteiger partial charge in [-0.05, 0) is 45.6 Å². The van der Waals surface area contributed by atoms with Crippen LogP contribution in [0, 0.1) is 5.82 Å². The number of aromatic nitrogens is 5. The molecule has 0 aliphatic carbocycles. The van der Waals surface area contributed by atoms with Gasteiger partial charge in [0.2, 0.25) is 11.1 Å². The summed E-state index contributed by atoms with van der Waals surface area (Å²) in [5, 5.41) is 16.2. The van der Waals surface area contributed by atoms with Crippen molar-refractivity contribution in [2.75, 3.05) is 11.1 Å². The number of nitrogens with one attached hydrogen (secondary N) is 1. The third-order valence-electron chi connectivity index (χ3n) is 4.88. The van der Waals surface area contributed by atoms with E-state index in [9.17, 15) is 9.18 Å². The molecular weight excluding hydrogens is 479 g/mol. The molecule has 2 heterocycles. The molecule has 0 aliphatic rings. The van der Waals surface area contributed by atoms with E-state index >= 15 is 0 Å². The highest BCUT2D eigenvalue weighted by Gasteiger charge is 2.11. The molecule has 7 nitrogen and oxygen atoms in total. The van der Waals surface area contributed by atoms with Crippen LogP contribution in [0.4, 0.5) is 10.1 Å². The Morgan fingerprint density at radius 1 is 1.12 bits per heavy atom. The van der Waals surface area contributed by atoms with Gasteiger partial charge in [-0.2, -0.15) is 0 Å². The lowest BCUT2D eigenvalue weighted by Crippen LogP contribution is -2.14. The van der Waals surface area contributed by atoms with Crippen LogP contribution in [0.15, 0.2) is 64.1 Å². The molecule has 0 aliphatic heterocycles. The van der Waals surface area contributed by atoms with Crippen molar-refractivity contribution < 1.29 is 9.18 Å². The van der Waals surface area contributed by atoms with E-state index in [0.717, 1.165) is 25.5 Å². The van der Waals surface area contributed by atoms with Gasteiger partial charge in [0.25, 0.3) is 0 Å². The largest absolute Gasteiger partial charge is 0.325 e. The van der Waals surface area contributed by atoms with E-state index in [2.05, 4.69) is 20.8 Å². The Hall–Kier alpha value is -3.02. The Morgan fingerprint density at radius 3 is 2.79 bits per heavy atom. The number of rotatable bonds is 7. The molecule has 5 rings (SSSR count). The average Bonchev–Trinajstić information content (AvgIpc) is 3.42. The molecule has 11 heteroatoms. The summed E-state index contributed by atoms with van der Waals surface area (Å²) in [4.78, 5) is 17.0. The minimum atomic E-state index is -0.208. The van der Waals surface area contributed by atoms with Crippen molar-refractivity contribution in [3.05, 3.63) is 66.0 Å². The van der Waals surface area contributed by atoms with Crippen LogP contribution >= 0.6 is 34.9 Å². The summed E-state index contributed by atoms with van der Waals surface area (Å²) in [5.74, 6) is 0.560. The van der Waals surface area contributed by atoms with Crippen molar-refractivity contribution in [3.63, 3.8) is 0 Å². The third kappa shape index (κ3) is 4.85. The van der Waals surface area contributed by atoms with Gasteiger partial charge in [-0.25, -0.2) is 14.1 Å². The molecular formula is C22H17FN6OS3. The van der Waals surface area contributed by atoms with E-state index in [-0.39, 0.29) is 17.5 Å². The summed E-state index contributed by atoms with van der Waals surface area (Å²) < 4.78 is 17.5. The summed E-state index contributed by atoms with van der Waals surface area (Å²) in [7, 11) is 1.73. The Morgan fingerprint density at radius 2 is 1.97 bits per heavy atom. The second-order valence-corrected chi connectivity index (χ2v) is 10.3.